The number of aromatic nitrogens is 4. The van der Waals surface area contributed by atoms with Gasteiger partial charge in [-0.2, -0.15) is 0 Å². The van der Waals surface area contributed by atoms with Gasteiger partial charge in [0.2, 0.25) is 0 Å². The number of nitrogens with zero attached hydrogens (tertiary/aromatic N) is 3. The van der Waals surface area contributed by atoms with Crippen molar-refractivity contribution in [1.29, 1.82) is 0 Å². The molecule has 3 heterocycles. The minimum atomic E-state index is 0.643. The Bertz CT molecular complexity index is 441. The van der Waals surface area contributed by atoms with Crippen molar-refractivity contribution in [1.82, 2.24) is 24.8 Å². The van der Waals surface area contributed by atoms with E-state index in [-0.39, 0.29) is 0 Å². The third-order valence-electron chi connectivity index (χ3n) is 3.12. The Morgan fingerprint density at radius 3 is 2.94 bits per heavy atom. The Morgan fingerprint density at radius 2 is 2.25 bits per heavy atom. The molecule has 16 heavy (non-hydrogen) atoms. The number of rotatable bonds is 4. The summed E-state index contributed by atoms with van der Waals surface area (Å²) in [6, 6.07) is 0. The third-order valence-corrected chi connectivity index (χ3v) is 3.12. The Hall–Kier alpha value is -1.62. The van der Waals surface area contributed by atoms with Crippen molar-refractivity contribution < 1.29 is 0 Å². The minimum Gasteiger partial charge on any atom is -0.348 e. The summed E-state index contributed by atoms with van der Waals surface area (Å²) in [5.41, 5.74) is 2.52. The van der Waals surface area contributed by atoms with Crippen LogP contribution in [0.5, 0.6) is 0 Å². The number of hydrogen-bond donors (Lipinski definition) is 2. The van der Waals surface area contributed by atoms with Gasteiger partial charge in [0.15, 0.2) is 0 Å². The molecule has 1 aliphatic heterocycles. The largest absolute Gasteiger partial charge is 0.348 e. The van der Waals surface area contributed by atoms with Crippen LogP contribution in [0.25, 0.3) is 0 Å². The molecule has 1 fully saturated rings. The SMILES string of the molecule is c1ncc(CCn2cncc2C2CNC2)[nH]1. The zero-order chi connectivity index (χ0) is 10.8. The van der Waals surface area contributed by atoms with Crippen molar-refractivity contribution in [3.05, 3.63) is 36.4 Å². The van der Waals surface area contributed by atoms with Gasteiger partial charge in [0, 0.05) is 55.8 Å². The van der Waals surface area contributed by atoms with Crippen LogP contribution in [0.2, 0.25) is 0 Å². The molecule has 0 spiro atoms. The molecule has 0 aromatic carbocycles. The second-order valence-corrected chi connectivity index (χ2v) is 4.19. The van der Waals surface area contributed by atoms with Crippen LogP contribution >= 0.6 is 0 Å². The molecule has 2 aromatic rings. The lowest BCUT2D eigenvalue weighted by Crippen LogP contribution is -2.40. The van der Waals surface area contributed by atoms with Crippen LogP contribution in [0.15, 0.2) is 25.0 Å². The van der Waals surface area contributed by atoms with E-state index in [1.807, 2.05) is 18.7 Å². The van der Waals surface area contributed by atoms with E-state index in [1.54, 1.807) is 6.33 Å². The van der Waals surface area contributed by atoms with Crippen molar-refractivity contribution >= 4 is 0 Å². The molecule has 0 atom stereocenters. The van der Waals surface area contributed by atoms with Gasteiger partial charge < -0.3 is 14.9 Å². The lowest BCUT2D eigenvalue weighted by Gasteiger charge is -2.27. The number of aryl methyl sites for hydroxylation is 2. The van der Waals surface area contributed by atoms with Crippen LogP contribution in [0.1, 0.15) is 17.3 Å². The lowest BCUT2D eigenvalue weighted by molar-refractivity contribution is 0.423. The predicted molar refractivity (Wildman–Crippen MR) is 60.1 cm³/mol. The number of H-pyrrole nitrogens is 1. The first-order chi connectivity index (χ1) is 7.93. The van der Waals surface area contributed by atoms with Gasteiger partial charge >= 0.3 is 0 Å². The van der Waals surface area contributed by atoms with Gasteiger partial charge in [-0.3, -0.25) is 0 Å². The highest BCUT2D eigenvalue weighted by molar-refractivity contribution is 5.12. The maximum atomic E-state index is 4.23. The highest BCUT2D eigenvalue weighted by Gasteiger charge is 2.22. The summed E-state index contributed by atoms with van der Waals surface area (Å²) in [5.74, 6) is 0.643. The topological polar surface area (TPSA) is 58.5 Å². The molecule has 0 saturated carbocycles. The second kappa shape index (κ2) is 4.09. The molecule has 84 valence electrons. The fourth-order valence-electron chi connectivity index (χ4n) is 2.02. The van der Waals surface area contributed by atoms with Gasteiger partial charge in [0.05, 0.1) is 12.7 Å². The van der Waals surface area contributed by atoms with E-state index in [9.17, 15) is 0 Å². The van der Waals surface area contributed by atoms with E-state index in [4.69, 9.17) is 0 Å². The van der Waals surface area contributed by atoms with E-state index in [2.05, 4.69) is 24.8 Å². The van der Waals surface area contributed by atoms with Gasteiger partial charge in [-0.1, -0.05) is 0 Å². The van der Waals surface area contributed by atoms with Crippen LogP contribution in [-0.2, 0) is 13.0 Å². The maximum Gasteiger partial charge on any atom is 0.0948 e. The molecule has 5 heteroatoms. The predicted octanol–water partition coefficient (Wildman–Crippen LogP) is 0.536. The van der Waals surface area contributed by atoms with Crippen LogP contribution < -0.4 is 5.32 Å². The van der Waals surface area contributed by atoms with Crippen molar-refractivity contribution in [3.63, 3.8) is 0 Å². The third kappa shape index (κ3) is 1.74. The highest BCUT2D eigenvalue weighted by atomic mass is 15.1. The zero-order valence-electron chi connectivity index (χ0n) is 9.06. The average molecular weight is 217 g/mol. The van der Waals surface area contributed by atoms with Crippen molar-refractivity contribution in [3.8, 4) is 0 Å². The Balaban J connectivity index is 1.67. The number of hydrogen-bond acceptors (Lipinski definition) is 3. The molecule has 1 saturated heterocycles. The Morgan fingerprint density at radius 1 is 1.31 bits per heavy atom. The van der Waals surface area contributed by atoms with Crippen molar-refractivity contribution in [2.45, 2.75) is 18.9 Å². The average Bonchev–Trinajstić information content (AvgIpc) is 2.82. The quantitative estimate of drug-likeness (QED) is 0.785. The van der Waals surface area contributed by atoms with Gasteiger partial charge in [0.25, 0.3) is 0 Å². The monoisotopic (exact) mass is 217 g/mol. The molecule has 0 aliphatic carbocycles. The molecule has 3 rings (SSSR count). The van der Waals surface area contributed by atoms with Gasteiger partial charge in [-0.25, -0.2) is 9.97 Å². The summed E-state index contributed by atoms with van der Waals surface area (Å²) < 4.78 is 2.24. The molecule has 5 nitrogen and oxygen atoms in total. The first-order valence-corrected chi connectivity index (χ1v) is 5.61. The summed E-state index contributed by atoms with van der Waals surface area (Å²) in [4.78, 5) is 11.4. The first kappa shape index (κ1) is 9.59. The zero-order valence-corrected chi connectivity index (χ0v) is 9.06. The number of aromatic amines is 1. The lowest BCUT2D eigenvalue weighted by atomic mass is 10.00. The first-order valence-electron chi connectivity index (χ1n) is 5.61. The Kier molecular flexibility index (Phi) is 2.46. The Labute approximate surface area is 93.9 Å². The standard InChI is InChI=1S/C11H15N5/c1(10-5-13-7-15-10)2-16-8-14-6-11(16)9-3-12-4-9/h5-9,12H,1-4H2,(H,13,15). The van der Waals surface area contributed by atoms with E-state index < -0.39 is 0 Å². The number of nitrogens with one attached hydrogen (secondary N) is 2. The molecule has 0 bridgehead atoms. The van der Waals surface area contributed by atoms with Gasteiger partial charge in [-0.15, -0.1) is 0 Å². The molecule has 0 amide bonds. The van der Waals surface area contributed by atoms with E-state index in [0.717, 1.165) is 26.1 Å². The molecular formula is C11H15N5. The van der Waals surface area contributed by atoms with Gasteiger partial charge in [-0.05, 0) is 0 Å². The summed E-state index contributed by atoms with van der Waals surface area (Å²) in [5, 5.41) is 3.29. The van der Waals surface area contributed by atoms with Crippen LogP contribution in [0, 0.1) is 0 Å². The molecule has 2 aromatic heterocycles. The molecule has 0 unspecified atom stereocenters. The highest BCUT2D eigenvalue weighted by Crippen LogP contribution is 2.19. The summed E-state index contributed by atoms with van der Waals surface area (Å²) in [7, 11) is 0. The van der Waals surface area contributed by atoms with Crippen LogP contribution in [0.3, 0.4) is 0 Å². The van der Waals surface area contributed by atoms with Crippen molar-refractivity contribution in [2.24, 2.45) is 0 Å². The summed E-state index contributed by atoms with van der Waals surface area (Å²) in [6.45, 7) is 3.12. The maximum absolute atomic E-state index is 4.23. The fourth-order valence-corrected chi connectivity index (χ4v) is 2.02. The molecular weight excluding hydrogens is 202 g/mol. The van der Waals surface area contributed by atoms with E-state index >= 15 is 0 Å². The summed E-state index contributed by atoms with van der Waals surface area (Å²) >= 11 is 0. The van der Waals surface area contributed by atoms with Crippen LogP contribution in [0.4, 0.5) is 0 Å². The molecule has 2 N–H and O–H groups in total. The van der Waals surface area contributed by atoms with Crippen LogP contribution in [-0.4, -0.2) is 32.6 Å². The summed E-state index contributed by atoms with van der Waals surface area (Å²) in [6.07, 6.45) is 8.48. The smallest absolute Gasteiger partial charge is 0.0948 e. The second-order valence-electron chi connectivity index (χ2n) is 4.19. The van der Waals surface area contributed by atoms with Gasteiger partial charge in [0.1, 0.15) is 0 Å². The normalized spacial score (nSPS) is 16.2. The minimum absolute atomic E-state index is 0.643. The number of imidazole rings is 2. The van der Waals surface area contributed by atoms with Crippen molar-refractivity contribution in [2.75, 3.05) is 13.1 Å². The fraction of sp³-hybridized carbons (Fsp3) is 0.455. The van der Waals surface area contributed by atoms with E-state index in [1.165, 1.54) is 11.4 Å². The van der Waals surface area contributed by atoms with E-state index in [0.29, 0.717) is 5.92 Å². The molecule has 1 aliphatic rings. The molecule has 0 radical (unpaired) electrons.